The van der Waals surface area contributed by atoms with E-state index in [0.717, 1.165) is 42.8 Å². The van der Waals surface area contributed by atoms with Gasteiger partial charge in [-0.25, -0.2) is 5.84 Å². The van der Waals surface area contributed by atoms with Crippen LogP contribution >= 0.6 is 22.9 Å². The molecular weight excluding hydrogens is 308 g/mol. The molecule has 1 fully saturated rings. The maximum atomic E-state index is 6.05. The molecule has 0 spiro atoms. The van der Waals surface area contributed by atoms with Crippen molar-refractivity contribution in [1.82, 2.24) is 15.1 Å². The van der Waals surface area contributed by atoms with Gasteiger partial charge in [0.25, 0.3) is 0 Å². The summed E-state index contributed by atoms with van der Waals surface area (Å²) in [6, 6.07) is 8.01. The summed E-state index contributed by atoms with van der Waals surface area (Å²) in [5.41, 5.74) is 3.71. The quantitative estimate of drug-likeness (QED) is 0.660. The monoisotopic (exact) mass is 324 g/mol. The maximum Gasteiger partial charge on any atom is 0.219 e. The van der Waals surface area contributed by atoms with Gasteiger partial charge in [-0.2, -0.15) is 0 Å². The molecule has 2 aromatic rings. The van der Waals surface area contributed by atoms with Crippen molar-refractivity contribution in [3.05, 3.63) is 34.3 Å². The van der Waals surface area contributed by atoms with Crippen molar-refractivity contribution in [2.45, 2.75) is 6.54 Å². The number of nitrogens with zero attached hydrogens (tertiary/aromatic N) is 4. The predicted octanol–water partition coefficient (Wildman–Crippen LogP) is 1.80. The molecule has 0 aliphatic carbocycles. The highest BCUT2D eigenvalue weighted by Gasteiger charge is 2.18. The number of halogens is 1. The Morgan fingerprint density at radius 2 is 2.05 bits per heavy atom. The second-order valence-corrected chi connectivity index (χ2v) is 6.39. The lowest BCUT2D eigenvalue weighted by atomic mass is 10.2. The molecule has 3 rings (SSSR count). The van der Waals surface area contributed by atoms with E-state index in [9.17, 15) is 0 Å². The van der Waals surface area contributed by atoms with Crippen molar-refractivity contribution in [2.75, 3.05) is 36.5 Å². The first kappa shape index (κ1) is 14.5. The van der Waals surface area contributed by atoms with Crippen molar-refractivity contribution in [2.24, 2.45) is 5.84 Å². The summed E-state index contributed by atoms with van der Waals surface area (Å²) in [6.07, 6.45) is 0. The van der Waals surface area contributed by atoms with E-state index in [1.807, 2.05) is 18.2 Å². The number of benzene rings is 1. The second-order valence-electron chi connectivity index (χ2n) is 4.89. The molecular formula is C13H17ClN6S. The number of aromatic nitrogens is 2. The number of hydrogen-bond donors (Lipinski definition) is 2. The third-order valence-corrected chi connectivity index (χ3v) is 4.57. The van der Waals surface area contributed by atoms with Crippen LogP contribution in [0.25, 0.3) is 0 Å². The molecule has 0 amide bonds. The highest BCUT2D eigenvalue weighted by Crippen LogP contribution is 2.22. The highest BCUT2D eigenvalue weighted by molar-refractivity contribution is 7.15. The first-order valence-corrected chi connectivity index (χ1v) is 7.96. The molecule has 1 saturated heterocycles. The summed E-state index contributed by atoms with van der Waals surface area (Å²) in [5.74, 6) is 5.32. The van der Waals surface area contributed by atoms with Crippen LogP contribution < -0.4 is 16.2 Å². The molecule has 3 N–H and O–H groups in total. The molecule has 0 unspecified atom stereocenters. The molecule has 1 aromatic carbocycles. The number of hydrazine groups is 1. The van der Waals surface area contributed by atoms with E-state index in [1.165, 1.54) is 17.0 Å². The Labute approximate surface area is 132 Å². The van der Waals surface area contributed by atoms with Crippen LogP contribution in [-0.4, -0.2) is 41.3 Å². The Hall–Kier alpha value is -1.41. The van der Waals surface area contributed by atoms with Crippen LogP contribution in [0.1, 0.15) is 5.01 Å². The lowest BCUT2D eigenvalue weighted by Crippen LogP contribution is -2.45. The number of rotatable bonds is 4. The number of nitrogens with one attached hydrogen (secondary N) is 1. The molecule has 0 bridgehead atoms. The third-order valence-electron chi connectivity index (χ3n) is 3.49. The largest absolute Gasteiger partial charge is 0.369 e. The van der Waals surface area contributed by atoms with Crippen molar-refractivity contribution in [3.8, 4) is 0 Å². The molecule has 0 atom stereocenters. The van der Waals surface area contributed by atoms with Gasteiger partial charge in [-0.3, -0.25) is 10.3 Å². The van der Waals surface area contributed by atoms with Crippen LogP contribution in [0, 0.1) is 0 Å². The molecule has 1 aromatic heterocycles. The fourth-order valence-electron chi connectivity index (χ4n) is 2.40. The van der Waals surface area contributed by atoms with Gasteiger partial charge in [0.15, 0.2) is 0 Å². The summed E-state index contributed by atoms with van der Waals surface area (Å²) < 4.78 is 0. The maximum absolute atomic E-state index is 6.05. The Kier molecular flexibility index (Phi) is 4.54. The van der Waals surface area contributed by atoms with Gasteiger partial charge in [0.05, 0.1) is 6.54 Å². The minimum Gasteiger partial charge on any atom is -0.369 e. The lowest BCUT2D eigenvalue weighted by Gasteiger charge is -2.35. The van der Waals surface area contributed by atoms with Crippen molar-refractivity contribution in [1.29, 1.82) is 0 Å². The fraction of sp³-hybridized carbons (Fsp3) is 0.385. The first-order chi connectivity index (χ1) is 10.2. The first-order valence-electron chi connectivity index (χ1n) is 6.76. The van der Waals surface area contributed by atoms with Gasteiger partial charge in [0.1, 0.15) is 5.01 Å². The van der Waals surface area contributed by atoms with E-state index in [-0.39, 0.29) is 0 Å². The van der Waals surface area contributed by atoms with Gasteiger partial charge >= 0.3 is 0 Å². The van der Waals surface area contributed by atoms with E-state index in [1.54, 1.807) is 0 Å². The van der Waals surface area contributed by atoms with Gasteiger partial charge < -0.3 is 4.90 Å². The topological polar surface area (TPSA) is 70.3 Å². The van der Waals surface area contributed by atoms with Crippen molar-refractivity contribution >= 4 is 33.8 Å². The number of piperazine rings is 1. The zero-order valence-electron chi connectivity index (χ0n) is 11.5. The van der Waals surface area contributed by atoms with Gasteiger partial charge in [0, 0.05) is 36.9 Å². The second kappa shape index (κ2) is 6.57. The number of anilines is 2. The van der Waals surface area contributed by atoms with E-state index >= 15 is 0 Å². The summed E-state index contributed by atoms with van der Waals surface area (Å²) in [5, 5.41) is 10.5. The third kappa shape index (κ3) is 3.62. The lowest BCUT2D eigenvalue weighted by molar-refractivity contribution is 0.249. The van der Waals surface area contributed by atoms with Gasteiger partial charge in [-0.05, 0) is 18.2 Å². The summed E-state index contributed by atoms with van der Waals surface area (Å²) in [6.45, 7) is 4.79. The fourth-order valence-corrected chi connectivity index (χ4v) is 3.28. The zero-order valence-corrected chi connectivity index (χ0v) is 13.1. The highest BCUT2D eigenvalue weighted by atomic mass is 35.5. The van der Waals surface area contributed by atoms with E-state index < -0.39 is 0 Å². The standard InChI is InChI=1S/C13H17ClN6S/c14-10-2-1-3-11(8-10)20-6-4-19(5-7-20)9-12-17-18-13(16-15)21-12/h1-3,8H,4-7,9,15H2,(H,16,18). The molecule has 1 aliphatic heterocycles. The van der Waals surface area contributed by atoms with Crippen LogP contribution in [0.5, 0.6) is 0 Å². The SMILES string of the molecule is NNc1nnc(CN2CCN(c3cccc(Cl)c3)CC2)s1. The van der Waals surface area contributed by atoms with Crippen molar-refractivity contribution in [3.63, 3.8) is 0 Å². The Morgan fingerprint density at radius 1 is 1.24 bits per heavy atom. The van der Waals surface area contributed by atoms with Crippen LogP contribution in [0.15, 0.2) is 24.3 Å². The van der Waals surface area contributed by atoms with Crippen LogP contribution in [-0.2, 0) is 6.54 Å². The molecule has 8 heteroatoms. The zero-order chi connectivity index (χ0) is 14.7. The number of nitrogen functional groups attached to an aromatic ring is 1. The Balaban J connectivity index is 1.55. The number of nitrogens with two attached hydrogens (primary N) is 1. The molecule has 112 valence electrons. The van der Waals surface area contributed by atoms with Gasteiger partial charge in [-0.15, -0.1) is 10.2 Å². The van der Waals surface area contributed by atoms with E-state index in [4.69, 9.17) is 17.4 Å². The Bertz CT molecular complexity index is 596. The van der Waals surface area contributed by atoms with Crippen LogP contribution in [0.3, 0.4) is 0 Å². The molecule has 1 aliphatic rings. The summed E-state index contributed by atoms with van der Waals surface area (Å²) in [7, 11) is 0. The predicted molar refractivity (Wildman–Crippen MR) is 86.7 cm³/mol. The van der Waals surface area contributed by atoms with E-state index in [2.05, 4.69) is 31.5 Å². The molecule has 6 nitrogen and oxygen atoms in total. The molecule has 0 radical (unpaired) electrons. The average Bonchev–Trinajstić information content (AvgIpc) is 2.96. The van der Waals surface area contributed by atoms with Crippen LogP contribution in [0.4, 0.5) is 10.8 Å². The molecule has 21 heavy (non-hydrogen) atoms. The number of hydrogen-bond acceptors (Lipinski definition) is 7. The average molecular weight is 325 g/mol. The molecule has 2 heterocycles. The molecule has 0 saturated carbocycles. The Morgan fingerprint density at radius 3 is 2.71 bits per heavy atom. The van der Waals surface area contributed by atoms with Gasteiger partial charge in [-0.1, -0.05) is 29.0 Å². The minimum absolute atomic E-state index is 0.655. The minimum atomic E-state index is 0.655. The summed E-state index contributed by atoms with van der Waals surface area (Å²) in [4.78, 5) is 4.73. The normalized spacial score (nSPS) is 16.2. The van der Waals surface area contributed by atoms with Gasteiger partial charge in [0.2, 0.25) is 5.13 Å². The van der Waals surface area contributed by atoms with Crippen LogP contribution in [0.2, 0.25) is 5.02 Å². The van der Waals surface area contributed by atoms with Crippen molar-refractivity contribution < 1.29 is 0 Å². The summed E-state index contributed by atoms with van der Waals surface area (Å²) >= 11 is 7.54. The smallest absolute Gasteiger partial charge is 0.219 e. The van der Waals surface area contributed by atoms with E-state index in [0.29, 0.717) is 5.13 Å².